The summed E-state index contributed by atoms with van der Waals surface area (Å²) in [5.41, 5.74) is 3.33. The Hall–Kier alpha value is -2.67. The molecule has 1 aromatic heterocycles. The summed E-state index contributed by atoms with van der Waals surface area (Å²) in [7, 11) is 0. The van der Waals surface area contributed by atoms with Crippen molar-refractivity contribution in [2.24, 2.45) is 5.41 Å². The van der Waals surface area contributed by atoms with Gasteiger partial charge in [0.05, 0.1) is 0 Å². The summed E-state index contributed by atoms with van der Waals surface area (Å²) in [6, 6.07) is 10.1. The molecule has 4 rings (SSSR count). The van der Waals surface area contributed by atoms with Crippen LogP contribution in [0.25, 0.3) is 11.1 Å². The molecule has 22 heavy (non-hydrogen) atoms. The molecule has 1 amide bonds. The molecule has 3 aliphatic rings. The van der Waals surface area contributed by atoms with Crippen LogP contribution in [0.2, 0.25) is 0 Å². The van der Waals surface area contributed by atoms with Gasteiger partial charge in [0, 0.05) is 19.2 Å². The van der Waals surface area contributed by atoms with E-state index in [1.807, 2.05) is 0 Å². The second-order valence-electron chi connectivity index (χ2n) is 6.29. The number of aromatic nitrogens is 2. The molecule has 1 aromatic rings. The molecule has 4 heteroatoms. The molecular weight excluding hydrogens is 274 g/mol. The third-order valence-corrected chi connectivity index (χ3v) is 3.66. The van der Waals surface area contributed by atoms with Crippen molar-refractivity contribution in [3.05, 3.63) is 42.2 Å². The lowest BCUT2D eigenvalue weighted by Crippen LogP contribution is -2.28. The first-order valence-electron chi connectivity index (χ1n) is 7.19. The highest BCUT2D eigenvalue weighted by molar-refractivity contribution is 5.94. The lowest BCUT2D eigenvalue weighted by atomic mass is 9.93. The second kappa shape index (κ2) is 5.27. The van der Waals surface area contributed by atoms with Crippen molar-refractivity contribution in [1.29, 1.82) is 0 Å². The molecule has 1 fully saturated rings. The van der Waals surface area contributed by atoms with Crippen molar-refractivity contribution in [3.63, 3.8) is 0 Å². The van der Waals surface area contributed by atoms with Gasteiger partial charge >= 0.3 is 0 Å². The zero-order valence-electron chi connectivity index (χ0n) is 12.7. The van der Waals surface area contributed by atoms with Crippen LogP contribution in [0.15, 0.2) is 36.5 Å². The SMILES string of the molecule is C#Cc1ccnc(N2CC(C)(C)CC2=O)n1.c1cc2cc-2c1. The molecule has 0 N–H and O–H groups in total. The number of benzene rings is 1. The number of terminal acetylenes is 1. The van der Waals surface area contributed by atoms with Gasteiger partial charge in [-0.3, -0.25) is 9.69 Å². The van der Waals surface area contributed by atoms with Crippen LogP contribution in [0.5, 0.6) is 0 Å². The number of anilines is 1. The molecule has 0 unspecified atom stereocenters. The Bertz CT molecular complexity index is 757. The smallest absolute Gasteiger partial charge is 0.233 e. The number of nitrogens with zero attached hydrogens (tertiary/aromatic N) is 3. The normalized spacial score (nSPS) is 16.6. The Labute approximate surface area is 130 Å². The van der Waals surface area contributed by atoms with Crippen molar-refractivity contribution in [3.8, 4) is 23.5 Å². The average Bonchev–Trinajstić information content (AvgIpc) is 2.98. The summed E-state index contributed by atoms with van der Waals surface area (Å²) in [5.74, 6) is 2.90. The first kappa shape index (κ1) is 14.3. The standard InChI is InChI=1S/C12H13N3O.C6H4/c1-4-9-5-6-13-11(14-9)15-8-12(2,3)7-10(15)16;1-2-5-4-6(5)3-1/h1,5-6H,7-8H2,2-3H3;1-4H. The van der Waals surface area contributed by atoms with Crippen LogP contribution < -0.4 is 4.90 Å². The number of amides is 1. The van der Waals surface area contributed by atoms with Crippen LogP contribution in [-0.2, 0) is 4.79 Å². The van der Waals surface area contributed by atoms with Gasteiger partial charge in [0.15, 0.2) is 0 Å². The first-order valence-corrected chi connectivity index (χ1v) is 7.19. The fourth-order valence-electron chi connectivity index (χ4n) is 2.49. The summed E-state index contributed by atoms with van der Waals surface area (Å²) >= 11 is 0. The van der Waals surface area contributed by atoms with Gasteiger partial charge in [-0.1, -0.05) is 38.0 Å². The molecule has 0 saturated carbocycles. The molecule has 0 spiro atoms. The second-order valence-corrected chi connectivity index (χ2v) is 6.29. The van der Waals surface area contributed by atoms with Crippen LogP contribution in [0, 0.1) is 17.8 Å². The number of carbonyl (C=O) groups excluding carboxylic acids is 1. The molecule has 0 aromatic carbocycles. The molecule has 0 radical (unpaired) electrons. The van der Waals surface area contributed by atoms with Crippen molar-refractivity contribution in [1.82, 2.24) is 9.97 Å². The van der Waals surface area contributed by atoms with Gasteiger partial charge in [0.25, 0.3) is 0 Å². The Morgan fingerprint density at radius 3 is 2.45 bits per heavy atom. The van der Waals surface area contributed by atoms with Crippen LogP contribution >= 0.6 is 0 Å². The maximum absolute atomic E-state index is 11.8. The minimum absolute atomic E-state index is 0.0212. The Balaban J connectivity index is 0.000000196. The molecule has 4 nitrogen and oxygen atoms in total. The fourth-order valence-corrected chi connectivity index (χ4v) is 2.49. The third-order valence-electron chi connectivity index (χ3n) is 3.66. The first-order chi connectivity index (χ1) is 10.5. The molecule has 2 heterocycles. The van der Waals surface area contributed by atoms with Gasteiger partial charge < -0.3 is 0 Å². The largest absolute Gasteiger partial charge is 0.280 e. The minimum Gasteiger partial charge on any atom is -0.280 e. The maximum Gasteiger partial charge on any atom is 0.233 e. The number of hydrogen-bond acceptors (Lipinski definition) is 3. The topological polar surface area (TPSA) is 46.1 Å². The summed E-state index contributed by atoms with van der Waals surface area (Å²) in [6.07, 6.45) is 7.37. The lowest BCUT2D eigenvalue weighted by Gasteiger charge is -2.17. The van der Waals surface area contributed by atoms with Gasteiger partial charge in [-0.05, 0) is 28.7 Å². The molecule has 110 valence electrons. The molecule has 2 aliphatic carbocycles. The van der Waals surface area contributed by atoms with Crippen molar-refractivity contribution >= 4 is 11.9 Å². The third kappa shape index (κ3) is 2.99. The Morgan fingerprint density at radius 1 is 1.27 bits per heavy atom. The zero-order valence-corrected chi connectivity index (χ0v) is 12.7. The predicted molar refractivity (Wildman–Crippen MR) is 86.2 cm³/mol. The van der Waals surface area contributed by atoms with E-state index in [0.29, 0.717) is 24.6 Å². The Kier molecular flexibility index (Phi) is 3.42. The number of fused-ring (bicyclic) bond motifs is 1. The van der Waals surface area contributed by atoms with Crippen LogP contribution in [0.3, 0.4) is 0 Å². The fraction of sp³-hybridized carbons (Fsp3) is 0.278. The van der Waals surface area contributed by atoms with Crippen LogP contribution in [0.1, 0.15) is 26.0 Å². The van der Waals surface area contributed by atoms with Gasteiger partial charge in [-0.15, -0.1) is 6.42 Å². The number of carbonyl (C=O) groups is 1. The van der Waals surface area contributed by atoms with E-state index in [0.717, 1.165) is 0 Å². The molecule has 0 atom stereocenters. The number of rotatable bonds is 1. The van der Waals surface area contributed by atoms with E-state index in [1.165, 1.54) is 11.1 Å². The van der Waals surface area contributed by atoms with E-state index >= 15 is 0 Å². The van der Waals surface area contributed by atoms with Gasteiger partial charge in [-0.25, -0.2) is 9.97 Å². The van der Waals surface area contributed by atoms with E-state index in [1.54, 1.807) is 17.2 Å². The predicted octanol–water partition coefficient (Wildman–Crippen LogP) is 2.89. The van der Waals surface area contributed by atoms with Crippen molar-refractivity contribution in [2.75, 3.05) is 11.4 Å². The quantitative estimate of drug-likeness (QED) is 0.648. The van der Waals surface area contributed by atoms with Crippen LogP contribution in [0.4, 0.5) is 5.95 Å². The highest BCUT2D eigenvalue weighted by Crippen LogP contribution is 2.33. The minimum atomic E-state index is -0.0212. The van der Waals surface area contributed by atoms with E-state index in [9.17, 15) is 4.79 Å². The molecule has 1 saturated heterocycles. The van der Waals surface area contributed by atoms with Crippen LogP contribution in [-0.4, -0.2) is 22.4 Å². The molecule has 1 aliphatic heterocycles. The van der Waals surface area contributed by atoms with Gasteiger partial charge in [0.2, 0.25) is 11.9 Å². The maximum atomic E-state index is 11.8. The highest BCUT2D eigenvalue weighted by Gasteiger charge is 2.37. The van der Waals surface area contributed by atoms with E-state index < -0.39 is 0 Å². The zero-order chi connectivity index (χ0) is 15.7. The summed E-state index contributed by atoms with van der Waals surface area (Å²) in [5, 5.41) is 0. The summed E-state index contributed by atoms with van der Waals surface area (Å²) in [4.78, 5) is 21.6. The highest BCUT2D eigenvalue weighted by atomic mass is 16.2. The van der Waals surface area contributed by atoms with E-state index in [2.05, 4.69) is 54.0 Å². The van der Waals surface area contributed by atoms with Crippen molar-refractivity contribution < 1.29 is 4.79 Å². The Morgan fingerprint density at radius 2 is 2.00 bits per heavy atom. The molecular formula is C18H17N3O. The average molecular weight is 291 g/mol. The lowest BCUT2D eigenvalue weighted by molar-refractivity contribution is -0.117. The van der Waals surface area contributed by atoms with E-state index in [4.69, 9.17) is 6.42 Å². The summed E-state index contributed by atoms with van der Waals surface area (Å²) in [6.45, 7) is 4.74. The monoisotopic (exact) mass is 291 g/mol. The van der Waals surface area contributed by atoms with Gasteiger partial charge in [0.1, 0.15) is 5.69 Å². The summed E-state index contributed by atoms with van der Waals surface area (Å²) < 4.78 is 0. The van der Waals surface area contributed by atoms with Gasteiger partial charge in [-0.2, -0.15) is 0 Å². The molecule has 0 bridgehead atoms. The van der Waals surface area contributed by atoms with Crippen molar-refractivity contribution in [2.45, 2.75) is 20.3 Å². The number of hydrogen-bond donors (Lipinski definition) is 0. The van der Waals surface area contributed by atoms with E-state index in [-0.39, 0.29) is 11.3 Å².